The molecule has 0 bridgehead atoms. The van der Waals surface area contributed by atoms with E-state index >= 15 is 0 Å². The Balaban J connectivity index is 1.78. The van der Waals surface area contributed by atoms with Gasteiger partial charge in [0.2, 0.25) is 0 Å². The molecule has 1 saturated carbocycles. The van der Waals surface area contributed by atoms with E-state index < -0.39 is 6.17 Å². The predicted molar refractivity (Wildman–Crippen MR) is 83.1 cm³/mol. The lowest BCUT2D eigenvalue weighted by molar-refractivity contribution is 0.171. The highest BCUT2D eigenvalue weighted by Gasteiger charge is 2.25. The Hall–Kier alpha value is -0.840. The molecular formula is C16H30FN3O. The topological polar surface area (TPSA) is 44.4 Å². The van der Waals surface area contributed by atoms with Crippen LogP contribution in [0, 0.1) is 5.92 Å². The smallest absolute Gasteiger partial charge is 0.317 e. The first-order valence-electron chi connectivity index (χ1n) is 8.53. The summed E-state index contributed by atoms with van der Waals surface area (Å²) in [5.41, 5.74) is 0. The molecule has 122 valence electrons. The second-order valence-corrected chi connectivity index (χ2v) is 6.61. The zero-order valence-corrected chi connectivity index (χ0v) is 13.2. The number of amides is 2. The minimum absolute atomic E-state index is 0.0779. The van der Waals surface area contributed by atoms with Crippen LogP contribution in [0.2, 0.25) is 0 Å². The largest absolute Gasteiger partial charge is 0.334 e. The van der Waals surface area contributed by atoms with Gasteiger partial charge in [0.15, 0.2) is 0 Å². The zero-order valence-electron chi connectivity index (χ0n) is 13.2. The van der Waals surface area contributed by atoms with E-state index in [2.05, 4.69) is 10.6 Å². The third-order valence-electron chi connectivity index (χ3n) is 4.82. The van der Waals surface area contributed by atoms with Crippen LogP contribution >= 0.6 is 0 Å². The maximum Gasteiger partial charge on any atom is 0.317 e. The molecule has 0 aromatic rings. The molecule has 1 saturated heterocycles. The lowest BCUT2D eigenvalue weighted by Gasteiger charge is -2.32. The van der Waals surface area contributed by atoms with Gasteiger partial charge in [0.05, 0.1) is 0 Å². The van der Waals surface area contributed by atoms with Gasteiger partial charge in [-0.1, -0.05) is 0 Å². The monoisotopic (exact) mass is 299 g/mol. The summed E-state index contributed by atoms with van der Waals surface area (Å²) in [7, 11) is 1.92. The summed E-state index contributed by atoms with van der Waals surface area (Å²) in [4.78, 5) is 14.2. The number of rotatable bonds is 5. The average Bonchev–Trinajstić information content (AvgIpc) is 2.50. The molecule has 0 radical (unpaired) electrons. The number of nitrogens with zero attached hydrogens (tertiary/aromatic N) is 1. The number of likely N-dealkylation sites (N-methyl/N-ethyl adjacent to an activating group) is 1. The van der Waals surface area contributed by atoms with E-state index in [1.54, 1.807) is 0 Å². The van der Waals surface area contributed by atoms with Crippen molar-refractivity contribution in [3.05, 3.63) is 0 Å². The maximum absolute atomic E-state index is 13.2. The second-order valence-electron chi connectivity index (χ2n) is 6.61. The molecule has 0 unspecified atom stereocenters. The Bertz CT molecular complexity index is 313. The lowest BCUT2D eigenvalue weighted by atomic mass is 9.84. The molecule has 1 heterocycles. The molecule has 2 aliphatic rings. The lowest BCUT2D eigenvalue weighted by Crippen LogP contribution is -2.50. The summed E-state index contributed by atoms with van der Waals surface area (Å²) in [6.45, 7) is 2.55. The van der Waals surface area contributed by atoms with Gasteiger partial charge >= 0.3 is 6.03 Å². The number of piperidine rings is 1. The van der Waals surface area contributed by atoms with Crippen LogP contribution < -0.4 is 10.6 Å². The summed E-state index contributed by atoms with van der Waals surface area (Å²) in [6, 6.07) is 0.236. The fourth-order valence-corrected chi connectivity index (χ4v) is 3.56. The summed E-state index contributed by atoms with van der Waals surface area (Å²) in [6.07, 6.45) is 7.13. The van der Waals surface area contributed by atoms with Crippen molar-refractivity contribution in [2.24, 2.45) is 5.92 Å². The number of urea groups is 1. The number of hydrogen-bond donors (Lipinski definition) is 2. The first-order chi connectivity index (χ1) is 10.2. The number of likely N-dealkylation sites (tertiary alicyclic amines) is 1. The molecule has 21 heavy (non-hydrogen) atoms. The van der Waals surface area contributed by atoms with Gasteiger partial charge in [0.25, 0.3) is 0 Å². The van der Waals surface area contributed by atoms with Crippen molar-refractivity contribution in [3.63, 3.8) is 0 Å². The van der Waals surface area contributed by atoms with Crippen LogP contribution in [-0.4, -0.2) is 49.8 Å². The third kappa shape index (κ3) is 5.46. The van der Waals surface area contributed by atoms with Gasteiger partial charge in [-0.25, -0.2) is 9.18 Å². The molecule has 2 rings (SSSR count). The third-order valence-corrected chi connectivity index (χ3v) is 4.82. The van der Waals surface area contributed by atoms with Crippen molar-refractivity contribution in [1.29, 1.82) is 0 Å². The van der Waals surface area contributed by atoms with E-state index in [1.807, 2.05) is 11.9 Å². The summed E-state index contributed by atoms with van der Waals surface area (Å²) in [5.74, 6) is 0.553. The van der Waals surface area contributed by atoms with E-state index in [-0.39, 0.29) is 12.1 Å². The summed E-state index contributed by atoms with van der Waals surface area (Å²) >= 11 is 0. The molecule has 1 atom stereocenters. The molecule has 1 aliphatic heterocycles. The molecule has 1 aliphatic carbocycles. The van der Waals surface area contributed by atoms with Gasteiger partial charge in [-0.3, -0.25) is 0 Å². The van der Waals surface area contributed by atoms with Crippen molar-refractivity contribution in [3.8, 4) is 0 Å². The zero-order chi connectivity index (χ0) is 15.1. The van der Waals surface area contributed by atoms with Gasteiger partial charge in [-0.2, -0.15) is 0 Å². The van der Waals surface area contributed by atoms with Crippen LogP contribution in [0.25, 0.3) is 0 Å². The van der Waals surface area contributed by atoms with Crippen molar-refractivity contribution in [2.45, 2.75) is 63.6 Å². The highest BCUT2D eigenvalue weighted by molar-refractivity contribution is 5.74. The van der Waals surface area contributed by atoms with E-state index in [0.29, 0.717) is 18.8 Å². The van der Waals surface area contributed by atoms with Gasteiger partial charge < -0.3 is 15.5 Å². The molecule has 5 heteroatoms. The Labute approximate surface area is 127 Å². The van der Waals surface area contributed by atoms with Gasteiger partial charge in [-0.15, -0.1) is 0 Å². The van der Waals surface area contributed by atoms with E-state index in [4.69, 9.17) is 0 Å². The number of halogens is 1. The molecule has 2 fully saturated rings. The maximum atomic E-state index is 13.2. The van der Waals surface area contributed by atoms with Crippen LogP contribution in [0.15, 0.2) is 0 Å². The van der Waals surface area contributed by atoms with E-state index in [9.17, 15) is 9.18 Å². The minimum Gasteiger partial charge on any atom is -0.334 e. The number of hydrogen-bond acceptors (Lipinski definition) is 2. The molecule has 4 nitrogen and oxygen atoms in total. The first-order valence-corrected chi connectivity index (χ1v) is 8.53. The second kappa shape index (κ2) is 8.57. The Kier molecular flexibility index (Phi) is 6.74. The van der Waals surface area contributed by atoms with Crippen LogP contribution in [-0.2, 0) is 0 Å². The Morgan fingerprint density at radius 2 is 1.86 bits per heavy atom. The van der Waals surface area contributed by atoms with Crippen LogP contribution in [0.1, 0.15) is 51.4 Å². The Morgan fingerprint density at radius 1 is 1.19 bits per heavy atom. The van der Waals surface area contributed by atoms with Crippen molar-refractivity contribution in [2.75, 3.05) is 26.7 Å². The molecule has 0 aromatic heterocycles. The predicted octanol–water partition coefficient (Wildman–Crippen LogP) is 2.69. The van der Waals surface area contributed by atoms with Gasteiger partial charge in [-0.05, 0) is 64.3 Å². The van der Waals surface area contributed by atoms with Crippen molar-refractivity contribution >= 4 is 6.03 Å². The summed E-state index contributed by atoms with van der Waals surface area (Å²) in [5, 5.41) is 6.34. The number of carbonyl (C=O) groups excluding carboxylic acids is 1. The number of alkyl halides is 1. The minimum atomic E-state index is -0.605. The average molecular weight is 299 g/mol. The SMILES string of the molecule is CNC[C@H](C[C@H]1CC[C@H](F)CC1)NC(=O)N1CCCCC1. The fourth-order valence-electron chi connectivity index (χ4n) is 3.56. The first kappa shape index (κ1) is 16.5. The molecule has 0 aromatic carbocycles. The number of carbonyl (C=O) groups is 1. The highest BCUT2D eigenvalue weighted by Crippen LogP contribution is 2.29. The van der Waals surface area contributed by atoms with E-state index in [0.717, 1.165) is 51.7 Å². The van der Waals surface area contributed by atoms with Crippen LogP contribution in [0.5, 0.6) is 0 Å². The van der Waals surface area contributed by atoms with Gasteiger partial charge in [0, 0.05) is 25.7 Å². The summed E-state index contributed by atoms with van der Waals surface area (Å²) < 4.78 is 13.2. The van der Waals surface area contributed by atoms with E-state index in [1.165, 1.54) is 6.42 Å². The van der Waals surface area contributed by atoms with Crippen molar-refractivity contribution < 1.29 is 9.18 Å². The molecule has 2 N–H and O–H groups in total. The molecular weight excluding hydrogens is 269 g/mol. The number of nitrogens with one attached hydrogen (secondary N) is 2. The normalized spacial score (nSPS) is 28.2. The highest BCUT2D eigenvalue weighted by atomic mass is 19.1. The standard InChI is InChI=1S/C16H30FN3O/c1-18-12-15(11-13-5-7-14(17)8-6-13)19-16(21)20-9-3-2-4-10-20/h13-15,18H,2-12H2,1H3,(H,19,21)/t13-,14-,15-/m0/s1. The van der Waals surface area contributed by atoms with Crippen molar-refractivity contribution in [1.82, 2.24) is 15.5 Å². The van der Waals surface area contributed by atoms with Gasteiger partial charge in [0.1, 0.15) is 6.17 Å². The van der Waals surface area contributed by atoms with Crippen LogP contribution in [0.3, 0.4) is 0 Å². The van der Waals surface area contributed by atoms with Crippen LogP contribution in [0.4, 0.5) is 9.18 Å². The quantitative estimate of drug-likeness (QED) is 0.820. The Morgan fingerprint density at radius 3 is 2.48 bits per heavy atom. The molecule has 2 amide bonds. The fraction of sp³-hybridized carbons (Fsp3) is 0.938. The molecule has 0 spiro atoms.